The Morgan fingerprint density at radius 1 is 1.33 bits per heavy atom. The summed E-state index contributed by atoms with van der Waals surface area (Å²) in [5.41, 5.74) is 7.34. The summed E-state index contributed by atoms with van der Waals surface area (Å²) in [7, 11) is 0. The second-order valence-corrected chi connectivity index (χ2v) is 5.41. The minimum Gasteiger partial charge on any atom is -0.399 e. The number of nitrogen functional groups attached to an aromatic ring is 1. The number of anilines is 1. The van der Waals surface area contributed by atoms with Crippen LogP contribution < -0.4 is 5.73 Å². The van der Waals surface area contributed by atoms with Gasteiger partial charge in [-0.1, -0.05) is 12.1 Å². The molecule has 0 bridgehead atoms. The maximum Gasteiger partial charge on any atom is 0.247 e. The molecule has 1 aliphatic rings. The normalized spacial score (nSPS) is 18.4. The fourth-order valence-corrected chi connectivity index (χ4v) is 2.38. The molecular formula is C15H20N2O. The first kappa shape index (κ1) is 12.7. The number of nitrogens with zero attached hydrogens (tertiary/aromatic N) is 1. The van der Waals surface area contributed by atoms with E-state index in [9.17, 15) is 4.79 Å². The fraction of sp³-hybridized carbons (Fsp3) is 0.400. The van der Waals surface area contributed by atoms with Crippen molar-refractivity contribution in [1.82, 2.24) is 4.90 Å². The molecule has 1 saturated heterocycles. The van der Waals surface area contributed by atoms with E-state index in [0.717, 1.165) is 30.6 Å². The van der Waals surface area contributed by atoms with E-state index in [1.54, 1.807) is 6.08 Å². The van der Waals surface area contributed by atoms with Crippen LogP contribution in [0.15, 0.2) is 30.3 Å². The van der Waals surface area contributed by atoms with Gasteiger partial charge in [-0.3, -0.25) is 4.79 Å². The zero-order valence-electron chi connectivity index (χ0n) is 11.0. The van der Waals surface area contributed by atoms with E-state index in [-0.39, 0.29) is 11.4 Å². The first-order valence-electron chi connectivity index (χ1n) is 6.34. The molecule has 1 heterocycles. The van der Waals surface area contributed by atoms with Crippen LogP contribution in [0.2, 0.25) is 0 Å². The van der Waals surface area contributed by atoms with Gasteiger partial charge in [0.05, 0.1) is 0 Å². The lowest BCUT2D eigenvalue weighted by molar-refractivity contribution is -0.128. The maximum absolute atomic E-state index is 12.1. The summed E-state index contributed by atoms with van der Waals surface area (Å²) >= 11 is 0. The van der Waals surface area contributed by atoms with Crippen LogP contribution in [-0.4, -0.2) is 22.9 Å². The lowest BCUT2D eigenvalue weighted by Gasteiger charge is -2.30. The van der Waals surface area contributed by atoms with Crippen molar-refractivity contribution in [3.8, 4) is 0 Å². The van der Waals surface area contributed by atoms with Crippen molar-refractivity contribution in [2.24, 2.45) is 0 Å². The minimum atomic E-state index is -0.0114. The molecule has 0 radical (unpaired) electrons. The second kappa shape index (κ2) is 4.84. The molecule has 0 spiro atoms. The van der Waals surface area contributed by atoms with E-state index in [1.165, 1.54) is 0 Å². The van der Waals surface area contributed by atoms with Gasteiger partial charge in [0, 0.05) is 23.8 Å². The van der Waals surface area contributed by atoms with Gasteiger partial charge >= 0.3 is 0 Å². The lowest BCUT2D eigenvalue weighted by Crippen LogP contribution is -2.41. The number of carbonyl (C=O) groups is 1. The van der Waals surface area contributed by atoms with E-state index < -0.39 is 0 Å². The number of amides is 1. The van der Waals surface area contributed by atoms with Crippen molar-refractivity contribution in [1.29, 1.82) is 0 Å². The molecule has 3 nitrogen and oxygen atoms in total. The van der Waals surface area contributed by atoms with Crippen molar-refractivity contribution in [3.05, 3.63) is 35.9 Å². The van der Waals surface area contributed by atoms with Crippen LogP contribution in [0, 0.1) is 0 Å². The van der Waals surface area contributed by atoms with Crippen LogP contribution in [0.4, 0.5) is 5.69 Å². The van der Waals surface area contributed by atoms with Crippen molar-refractivity contribution >= 4 is 17.7 Å². The topological polar surface area (TPSA) is 46.3 Å². The molecule has 0 aromatic heterocycles. The summed E-state index contributed by atoms with van der Waals surface area (Å²) in [6.45, 7) is 5.10. The third-order valence-corrected chi connectivity index (χ3v) is 3.52. The summed E-state index contributed by atoms with van der Waals surface area (Å²) in [4.78, 5) is 14.1. The summed E-state index contributed by atoms with van der Waals surface area (Å²) < 4.78 is 0. The molecule has 1 fully saturated rings. The molecular weight excluding hydrogens is 224 g/mol. The molecule has 1 aliphatic heterocycles. The predicted octanol–water partition coefficient (Wildman–Crippen LogP) is 2.68. The molecule has 0 unspecified atom stereocenters. The standard InChI is InChI=1S/C15H20N2O/c1-15(2)10-3-11-17(15)14(18)9-6-12-4-7-13(16)8-5-12/h4-9H,3,10-11,16H2,1-2H3/b9-6+. The van der Waals surface area contributed by atoms with Gasteiger partial charge in [0.25, 0.3) is 0 Å². The molecule has 96 valence electrons. The summed E-state index contributed by atoms with van der Waals surface area (Å²) in [6, 6.07) is 7.50. The maximum atomic E-state index is 12.1. The van der Waals surface area contributed by atoms with Crippen molar-refractivity contribution in [3.63, 3.8) is 0 Å². The molecule has 2 N–H and O–H groups in total. The molecule has 0 aliphatic carbocycles. The van der Waals surface area contributed by atoms with Crippen LogP contribution in [0.1, 0.15) is 32.3 Å². The highest BCUT2D eigenvalue weighted by molar-refractivity contribution is 5.92. The number of hydrogen-bond donors (Lipinski definition) is 1. The number of likely N-dealkylation sites (tertiary alicyclic amines) is 1. The van der Waals surface area contributed by atoms with Gasteiger partial charge in [-0.25, -0.2) is 0 Å². The van der Waals surface area contributed by atoms with Crippen molar-refractivity contribution in [2.75, 3.05) is 12.3 Å². The molecule has 1 amide bonds. The molecule has 2 rings (SSSR count). The van der Waals surface area contributed by atoms with Gasteiger partial charge < -0.3 is 10.6 Å². The highest BCUT2D eigenvalue weighted by Gasteiger charge is 2.34. The number of benzene rings is 1. The van der Waals surface area contributed by atoms with Gasteiger partial charge in [0.1, 0.15) is 0 Å². The third-order valence-electron chi connectivity index (χ3n) is 3.52. The first-order valence-corrected chi connectivity index (χ1v) is 6.34. The molecule has 1 aromatic rings. The van der Waals surface area contributed by atoms with Crippen LogP contribution in [-0.2, 0) is 4.79 Å². The van der Waals surface area contributed by atoms with Crippen molar-refractivity contribution in [2.45, 2.75) is 32.2 Å². The highest BCUT2D eigenvalue weighted by atomic mass is 16.2. The Hall–Kier alpha value is -1.77. The number of carbonyl (C=O) groups excluding carboxylic acids is 1. The highest BCUT2D eigenvalue weighted by Crippen LogP contribution is 2.28. The van der Waals surface area contributed by atoms with Crippen molar-refractivity contribution < 1.29 is 4.79 Å². The molecule has 0 saturated carbocycles. The van der Waals surface area contributed by atoms with E-state index in [4.69, 9.17) is 5.73 Å². The Kier molecular flexibility index (Phi) is 3.41. The SMILES string of the molecule is CC1(C)CCCN1C(=O)/C=C/c1ccc(N)cc1. The van der Waals surface area contributed by atoms with E-state index >= 15 is 0 Å². The summed E-state index contributed by atoms with van der Waals surface area (Å²) in [5, 5.41) is 0. The monoisotopic (exact) mass is 244 g/mol. The summed E-state index contributed by atoms with van der Waals surface area (Å²) in [5.74, 6) is 0.0920. The van der Waals surface area contributed by atoms with Crippen LogP contribution in [0.5, 0.6) is 0 Å². The third kappa shape index (κ3) is 2.73. The van der Waals surface area contributed by atoms with Gasteiger partial charge in [-0.15, -0.1) is 0 Å². The van der Waals surface area contributed by atoms with Crippen LogP contribution in [0.25, 0.3) is 6.08 Å². The van der Waals surface area contributed by atoms with Gasteiger partial charge in [-0.05, 0) is 50.5 Å². The number of nitrogens with two attached hydrogens (primary N) is 1. The van der Waals surface area contributed by atoms with E-state index in [0.29, 0.717) is 0 Å². The van der Waals surface area contributed by atoms with Gasteiger partial charge in [0.2, 0.25) is 5.91 Å². The number of hydrogen-bond acceptors (Lipinski definition) is 2. The van der Waals surface area contributed by atoms with E-state index in [1.807, 2.05) is 35.2 Å². The average Bonchev–Trinajstić information content (AvgIpc) is 2.68. The molecule has 1 aromatic carbocycles. The first-order chi connectivity index (χ1) is 8.49. The quantitative estimate of drug-likeness (QED) is 0.642. The average molecular weight is 244 g/mol. The largest absolute Gasteiger partial charge is 0.399 e. The summed E-state index contributed by atoms with van der Waals surface area (Å²) in [6.07, 6.45) is 5.66. The van der Waals surface area contributed by atoms with E-state index in [2.05, 4.69) is 13.8 Å². The fourth-order valence-electron chi connectivity index (χ4n) is 2.38. The Morgan fingerprint density at radius 2 is 2.00 bits per heavy atom. The Balaban J connectivity index is 2.05. The number of rotatable bonds is 2. The minimum absolute atomic E-state index is 0.0114. The van der Waals surface area contributed by atoms with Crippen LogP contribution in [0.3, 0.4) is 0 Å². The Bertz CT molecular complexity index is 460. The lowest BCUT2D eigenvalue weighted by atomic mass is 10.0. The van der Waals surface area contributed by atoms with Gasteiger partial charge in [0.15, 0.2) is 0 Å². The zero-order chi connectivity index (χ0) is 13.2. The molecule has 18 heavy (non-hydrogen) atoms. The van der Waals surface area contributed by atoms with Crippen LogP contribution >= 0.6 is 0 Å². The Morgan fingerprint density at radius 3 is 2.56 bits per heavy atom. The van der Waals surface area contributed by atoms with Gasteiger partial charge in [-0.2, -0.15) is 0 Å². The second-order valence-electron chi connectivity index (χ2n) is 5.41. The molecule has 3 heteroatoms. The Labute approximate surface area is 108 Å². The predicted molar refractivity (Wildman–Crippen MR) is 74.9 cm³/mol. The molecule has 0 atom stereocenters. The zero-order valence-corrected chi connectivity index (χ0v) is 11.0. The smallest absolute Gasteiger partial charge is 0.247 e.